The molecule has 1 fully saturated rings. The number of rotatable bonds is 4. The highest BCUT2D eigenvalue weighted by atomic mass is 15.2. The molecule has 15 heavy (non-hydrogen) atoms. The van der Waals surface area contributed by atoms with Gasteiger partial charge in [0.25, 0.3) is 0 Å². The van der Waals surface area contributed by atoms with Crippen LogP contribution >= 0.6 is 0 Å². The minimum atomic E-state index is 0.305. The lowest BCUT2D eigenvalue weighted by atomic mass is 9.98. The van der Waals surface area contributed by atoms with E-state index in [2.05, 4.69) is 43.5 Å². The summed E-state index contributed by atoms with van der Waals surface area (Å²) in [5.41, 5.74) is 0.305. The monoisotopic (exact) mass is 215 g/mol. The maximum atomic E-state index is 3.46. The molecule has 1 atom stereocenters. The largest absolute Gasteiger partial charge is 0.315 e. The molecule has 1 aliphatic rings. The van der Waals surface area contributed by atoms with Gasteiger partial charge in [0.2, 0.25) is 0 Å². The van der Waals surface area contributed by atoms with Crippen molar-refractivity contribution in [3.63, 3.8) is 0 Å². The minimum Gasteiger partial charge on any atom is -0.315 e. The van der Waals surface area contributed by atoms with Crippen LogP contribution in [0.2, 0.25) is 0 Å². The Morgan fingerprint density at radius 3 is 2.33 bits per heavy atom. The topological polar surface area (TPSA) is 27.3 Å². The van der Waals surface area contributed by atoms with Gasteiger partial charge in [-0.1, -0.05) is 13.8 Å². The van der Waals surface area contributed by atoms with Gasteiger partial charge in [0.1, 0.15) is 0 Å². The third kappa shape index (κ3) is 4.49. The number of nitrogens with one attached hydrogen (secondary N) is 2. The van der Waals surface area contributed by atoms with Gasteiger partial charge in [0, 0.05) is 24.7 Å². The van der Waals surface area contributed by atoms with Crippen molar-refractivity contribution in [2.75, 3.05) is 33.7 Å². The summed E-state index contributed by atoms with van der Waals surface area (Å²) in [6.45, 7) is 11.9. The van der Waals surface area contributed by atoms with Crippen molar-refractivity contribution >= 4 is 0 Å². The molecule has 3 nitrogen and oxygen atoms in total. The molecule has 1 unspecified atom stereocenters. The highest BCUT2D eigenvalue weighted by Gasteiger charge is 2.33. The van der Waals surface area contributed by atoms with E-state index in [1.165, 1.54) is 6.42 Å². The standard InChI is InChI=1S/C10H23N3.C2H6/c1-9(2)13(4)8-10(11-3)5-6-12-7-10;1-2/h9,11-12H,5-8H2,1-4H3;1-2H3. The van der Waals surface area contributed by atoms with E-state index in [4.69, 9.17) is 0 Å². The van der Waals surface area contributed by atoms with Crippen LogP contribution in [0.3, 0.4) is 0 Å². The maximum Gasteiger partial charge on any atom is 0.0444 e. The van der Waals surface area contributed by atoms with Gasteiger partial charge >= 0.3 is 0 Å². The van der Waals surface area contributed by atoms with Crippen molar-refractivity contribution in [3.8, 4) is 0 Å². The fraction of sp³-hybridized carbons (Fsp3) is 1.00. The zero-order chi connectivity index (χ0) is 11.9. The van der Waals surface area contributed by atoms with Crippen LogP contribution in [0, 0.1) is 0 Å². The second-order valence-electron chi connectivity index (χ2n) is 4.47. The number of nitrogens with zero attached hydrogens (tertiary/aromatic N) is 1. The third-order valence-electron chi connectivity index (χ3n) is 3.21. The predicted molar refractivity (Wildman–Crippen MR) is 68.4 cm³/mol. The molecule has 0 amide bonds. The lowest BCUT2D eigenvalue weighted by Gasteiger charge is -2.34. The maximum absolute atomic E-state index is 3.46. The van der Waals surface area contributed by atoms with Crippen LogP contribution in [-0.2, 0) is 0 Å². The quantitative estimate of drug-likeness (QED) is 0.740. The summed E-state index contributed by atoms with van der Waals surface area (Å²) in [7, 11) is 4.27. The average Bonchev–Trinajstić information content (AvgIpc) is 2.70. The Kier molecular flexibility index (Phi) is 7.14. The van der Waals surface area contributed by atoms with Gasteiger partial charge in [-0.2, -0.15) is 0 Å². The van der Waals surface area contributed by atoms with Gasteiger partial charge in [-0.05, 0) is 40.9 Å². The van der Waals surface area contributed by atoms with Crippen LogP contribution in [0.4, 0.5) is 0 Å². The van der Waals surface area contributed by atoms with Gasteiger partial charge in [-0.3, -0.25) is 0 Å². The van der Waals surface area contributed by atoms with E-state index in [-0.39, 0.29) is 0 Å². The molecule has 2 N–H and O–H groups in total. The van der Waals surface area contributed by atoms with Crippen molar-refractivity contribution < 1.29 is 0 Å². The normalized spacial score (nSPS) is 25.6. The fourth-order valence-corrected chi connectivity index (χ4v) is 1.83. The molecule has 0 aromatic heterocycles. The summed E-state index contributed by atoms with van der Waals surface area (Å²) in [5.74, 6) is 0. The summed E-state index contributed by atoms with van der Waals surface area (Å²) in [6, 6.07) is 0.630. The smallest absolute Gasteiger partial charge is 0.0444 e. The molecule has 1 rings (SSSR count). The number of hydrogen-bond donors (Lipinski definition) is 2. The molecule has 1 saturated heterocycles. The van der Waals surface area contributed by atoms with Crippen LogP contribution in [0.15, 0.2) is 0 Å². The molecule has 0 saturated carbocycles. The molecule has 0 spiro atoms. The molecule has 1 aliphatic heterocycles. The molecule has 3 heteroatoms. The number of likely N-dealkylation sites (N-methyl/N-ethyl adjacent to an activating group) is 2. The van der Waals surface area contributed by atoms with Crippen molar-refractivity contribution in [1.29, 1.82) is 0 Å². The highest BCUT2D eigenvalue weighted by molar-refractivity contribution is 4.97. The average molecular weight is 215 g/mol. The Bertz CT molecular complexity index is 151. The van der Waals surface area contributed by atoms with Crippen LogP contribution < -0.4 is 10.6 Å². The van der Waals surface area contributed by atoms with Gasteiger partial charge in [-0.25, -0.2) is 0 Å². The zero-order valence-corrected chi connectivity index (χ0v) is 11.4. The van der Waals surface area contributed by atoms with E-state index < -0.39 is 0 Å². The molecule has 0 aromatic rings. The predicted octanol–water partition coefficient (Wildman–Crippen LogP) is 1.30. The lowest BCUT2D eigenvalue weighted by molar-refractivity contribution is 0.195. The van der Waals surface area contributed by atoms with Crippen molar-refractivity contribution in [3.05, 3.63) is 0 Å². The Labute approximate surface area is 95.6 Å². The zero-order valence-electron chi connectivity index (χ0n) is 11.4. The summed E-state index contributed by atoms with van der Waals surface area (Å²) in [6.07, 6.45) is 1.24. The van der Waals surface area contributed by atoms with Crippen LogP contribution in [0.25, 0.3) is 0 Å². The molecular formula is C12H29N3. The Hall–Kier alpha value is -0.120. The first-order chi connectivity index (χ1) is 7.09. The van der Waals surface area contributed by atoms with E-state index in [0.29, 0.717) is 11.6 Å². The van der Waals surface area contributed by atoms with Crippen molar-refractivity contribution in [2.24, 2.45) is 0 Å². The third-order valence-corrected chi connectivity index (χ3v) is 3.21. The van der Waals surface area contributed by atoms with E-state index in [0.717, 1.165) is 19.6 Å². The molecule has 92 valence electrons. The second-order valence-corrected chi connectivity index (χ2v) is 4.47. The van der Waals surface area contributed by atoms with Crippen molar-refractivity contribution in [1.82, 2.24) is 15.5 Å². The number of hydrogen-bond acceptors (Lipinski definition) is 3. The highest BCUT2D eigenvalue weighted by Crippen LogP contribution is 2.16. The van der Waals surface area contributed by atoms with Gasteiger partial charge in [-0.15, -0.1) is 0 Å². The summed E-state index contributed by atoms with van der Waals surface area (Å²) < 4.78 is 0. The minimum absolute atomic E-state index is 0.305. The van der Waals surface area contributed by atoms with E-state index in [9.17, 15) is 0 Å². The van der Waals surface area contributed by atoms with Gasteiger partial charge in [0.05, 0.1) is 0 Å². The summed E-state index contributed by atoms with van der Waals surface area (Å²) in [5, 5.41) is 6.88. The van der Waals surface area contributed by atoms with E-state index >= 15 is 0 Å². The molecule has 0 aromatic carbocycles. The molecule has 0 aliphatic carbocycles. The Balaban J connectivity index is 0.000000921. The molecule has 1 heterocycles. The lowest BCUT2D eigenvalue weighted by Crippen LogP contribution is -2.54. The Morgan fingerprint density at radius 1 is 1.40 bits per heavy atom. The SMILES string of the molecule is CC.CNC1(CN(C)C(C)C)CCNC1. The second kappa shape index (κ2) is 7.20. The molecule has 0 bridgehead atoms. The first kappa shape index (κ1) is 14.9. The molecular weight excluding hydrogens is 186 g/mol. The Morgan fingerprint density at radius 2 is 2.00 bits per heavy atom. The fourth-order valence-electron chi connectivity index (χ4n) is 1.83. The van der Waals surface area contributed by atoms with Crippen LogP contribution in [-0.4, -0.2) is 50.2 Å². The van der Waals surface area contributed by atoms with Gasteiger partial charge < -0.3 is 15.5 Å². The van der Waals surface area contributed by atoms with Crippen LogP contribution in [0.1, 0.15) is 34.1 Å². The van der Waals surface area contributed by atoms with Crippen molar-refractivity contribution in [2.45, 2.75) is 45.7 Å². The van der Waals surface area contributed by atoms with E-state index in [1.54, 1.807) is 0 Å². The van der Waals surface area contributed by atoms with Gasteiger partial charge in [0.15, 0.2) is 0 Å². The summed E-state index contributed by atoms with van der Waals surface area (Å²) >= 11 is 0. The van der Waals surface area contributed by atoms with Crippen LogP contribution in [0.5, 0.6) is 0 Å². The first-order valence-electron chi connectivity index (χ1n) is 6.19. The van der Waals surface area contributed by atoms with E-state index in [1.807, 2.05) is 13.8 Å². The summed E-state index contributed by atoms with van der Waals surface area (Å²) in [4.78, 5) is 2.41. The molecule has 0 radical (unpaired) electrons. The first-order valence-corrected chi connectivity index (χ1v) is 6.19.